The van der Waals surface area contributed by atoms with E-state index >= 15 is 0 Å². The second-order valence-corrected chi connectivity index (χ2v) is 2.92. The fourth-order valence-corrected chi connectivity index (χ4v) is 0.596. The molecule has 0 atom stereocenters. The maximum absolute atomic E-state index is 5.78. The molecule has 0 radical (unpaired) electrons. The van der Waals surface area contributed by atoms with Crippen LogP contribution in [-0.4, -0.2) is 16.5 Å². The third kappa shape index (κ3) is 2.53. The molecule has 2 heteroatoms. The quantitative estimate of drug-likeness (QED) is 0.525. The van der Waals surface area contributed by atoms with Gasteiger partial charge in [-0.2, -0.15) is 0 Å². The van der Waals surface area contributed by atoms with Gasteiger partial charge < -0.3 is 0 Å². The van der Waals surface area contributed by atoms with Crippen molar-refractivity contribution in [3.05, 3.63) is 0 Å². The molecule has 0 rings (SSSR count). The second kappa shape index (κ2) is 3.31. The van der Waals surface area contributed by atoms with E-state index in [1.54, 1.807) is 4.42 Å². The molecule has 0 fully saturated rings. The SMILES string of the molecule is CC(C)N(Cl)C(C)C. The van der Waals surface area contributed by atoms with Crippen LogP contribution in [0.15, 0.2) is 0 Å². The molecule has 8 heavy (non-hydrogen) atoms. The van der Waals surface area contributed by atoms with Gasteiger partial charge in [-0.25, -0.2) is 4.42 Å². The number of rotatable bonds is 2. The van der Waals surface area contributed by atoms with Crippen LogP contribution in [0.25, 0.3) is 0 Å². The summed E-state index contributed by atoms with van der Waals surface area (Å²) in [6.07, 6.45) is 0. The Morgan fingerprint density at radius 1 is 1.00 bits per heavy atom. The van der Waals surface area contributed by atoms with Crippen LogP contribution in [-0.2, 0) is 0 Å². The Morgan fingerprint density at radius 3 is 1.25 bits per heavy atom. The molecule has 0 spiro atoms. The topological polar surface area (TPSA) is 3.24 Å². The first-order valence-electron chi connectivity index (χ1n) is 2.99. The number of halogens is 1. The van der Waals surface area contributed by atoms with Crippen molar-refractivity contribution < 1.29 is 0 Å². The molecule has 0 amide bonds. The highest BCUT2D eigenvalue weighted by Gasteiger charge is 2.07. The molecule has 1 nitrogen and oxygen atoms in total. The lowest BCUT2D eigenvalue weighted by atomic mass is 10.3. The Bertz CT molecular complexity index is 53.5. The maximum Gasteiger partial charge on any atom is 0.0197 e. The van der Waals surface area contributed by atoms with Crippen LogP contribution in [0.2, 0.25) is 0 Å². The van der Waals surface area contributed by atoms with Crippen LogP contribution in [0.3, 0.4) is 0 Å². The molecule has 0 N–H and O–H groups in total. The molecule has 0 aliphatic heterocycles. The Morgan fingerprint density at radius 2 is 1.25 bits per heavy atom. The van der Waals surface area contributed by atoms with Crippen molar-refractivity contribution in [2.45, 2.75) is 39.8 Å². The Balaban J connectivity index is 3.46. The fraction of sp³-hybridized carbons (Fsp3) is 1.00. The first kappa shape index (κ1) is 8.25. The lowest BCUT2D eigenvalue weighted by Gasteiger charge is -2.21. The van der Waals surface area contributed by atoms with E-state index in [1.807, 2.05) is 0 Å². The predicted octanol–water partition coefficient (Wildman–Crippen LogP) is 2.26. The van der Waals surface area contributed by atoms with E-state index in [-0.39, 0.29) is 0 Å². The summed E-state index contributed by atoms with van der Waals surface area (Å²) in [5.41, 5.74) is 0. The molecule has 0 saturated heterocycles. The standard InChI is InChI=1S/C6H14ClN/c1-5(2)8(7)6(3)4/h5-6H,1-4H3. The highest BCUT2D eigenvalue weighted by atomic mass is 35.5. The molecule has 0 bridgehead atoms. The minimum atomic E-state index is 0.441. The van der Waals surface area contributed by atoms with Gasteiger partial charge in [0.2, 0.25) is 0 Å². The van der Waals surface area contributed by atoms with Crippen molar-refractivity contribution in [1.82, 2.24) is 4.42 Å². The van der Waals surface area contributed by atoms with E-state index < -0.39 is 0 Å². The van der Waals surface area contributed by atoms with Crippen molar-refractivity contribution in [3.8, 4) is 0 Å². The molecule has 0 aromatic carbocycles. The minimum Gasteiger partial charge on any atom is -0.215 e. The summed E-state index contributed by atoms with van der Waals surface area (Å²) >= 11 is 5.78. The summed E-state index contributed by atoms with van der Waals surface area (Å²) in [5.74, 6) is 0. The third-order valence-electron chi connectivity index (χ3n) is 0.987. The van der Waals surface area contributed by atoms with Crippen LogP contribution < -0.4 is 0 Å². The molecular formula is C6H14ClN. The van der Waals surface area contributed by atoms with Crippen LogP contribution in [0.1, 0.15) is 27.7 Å². The van der Waals surface area contributed by atoms with Crippen LogP contribution in [0, 0.1) is 0 Å². The lowest BCUT2D eigenvalue weighted by Crippen LogP contribution is -2.27. The average molecular weight is 136 g/mol. The van der Waals surface area contributed by atoms with Gasteiger partial charge in [0.1, 0.15) is 0 Å². The molecule has 0 aromatic rings. The van der Waals surface area contributed by atoms with Crippen LogP contribution in [0.5, 0.6) is 0 Å². The van der Waals surface area contributed by atoms with E-state index in [4.69, 9.17) is 11.8 Å². The van der Waals surface area contributed by atoms with Crippen LogP contribution >= 0.6 is 11.8 Å². The van der Waals surface area contributed by atoms with Crippen molar-refractivity contribution in [2.75, 3.05) is 0 Å². The summed E-state index contributed by atoms with van der Waals surface area (Å²) in [6.45, 7) is 8.31. The van der Waals surface area contributed by atoms with Gasteiger partial charge in [-0.05, 0) is 39.5 Å². The van der Waals surface area contributed by atoms with Gasteiger partial charge in [0.25, 0.3) is 0 Å². The Kier molecular flexibility index (Phi) is 3.41. The largest absolute Gasteiger partial charge is 0.215 e. The number of hydrogen-bond donors (Lipinski definition) is 0. The zero-order valence-corrected chi connectivity index (χ0v) is 6.74. The van der Waals surface area contributed by atoms with E-state index in [9.17, 15) is 0 Å². The zero-order valence-electron chi connectivity index (χ0n) is 5.98. The highest BCUT2D eigenvalue weighted by molar-refractivity contribution is 6.13. The van der Waals surface area contributed by atoms with Crippen molar-refractivity contribution >= 4 is 11.8 Å². The predicted molar refractivity (Wildman–Crippen MR) is 38.0 cm³/mol. The lowest BCUT2D eigenvalue weighted by molar-refractivity contribution is 0.321. The first-order chi connectivity index (χ1) is 3.55. The van der Waals surface area contributed by atoms with Crippen molar-refractivity contribution in [1.29, 1.82) is 0 Å². The van der Waals surface area contributed by atoms with E-state index in [0.29, 0.717) is 12.1 Å². The van der Waals surface area contributed by atoms with Gasteiger partial charge >= 0.3 is 0 Å². The molecule has 0 unspecified atom stereocenters. The van der Waals surface area contributed by atoms with E-state index in [0.717, 1.165) is 0 Å². The molecule has 0 aliphatic rings. The summed E-state index contributed by atoms with van der Waals surface area (Å²) < 4.78 is 1.81. The van der Waals surface area contributed by atoms with E-state index in [2.05, 4.69) is 27.7 Å². The van der Waals surface area contributed by atoms with Gasteiger partial charge in [-0.3, -0.25) is 0 Å². The van der Waals surface area contributed by atoms with Crippen molar-refractivity contribution in [3.63, 3.8) is 0 Å². The molecule has 50 valence electrons. The summed E-state index contributed by atoms with van der Waals surface area (Å²) in [7, 11) is 0. The third-order valence-corrected chi connectivity index (χ3v) is 1.77. The number of hydrogen-bond acceptors (Lipinski definition) is 1. The molecule has 0 aromatic heterocycles. The van der Waals surface area contributed by atoms with Crippen molar-refractivity contribution in [2.24, 2.45) is 0 Å². The first-order valence-corrected chi connectivity index (χ1v) is 3.33. The van der Waals surface area contributed by atoms with Gasteiger partial charge in [-0.15, -0.1) is 0 Å². The average Bonchev–Trinajstić information content (AvgIpc) is 1.64. The zero-order chi connectivity index (χ0) is 6.73. The monoisotopic (exact) mass is 135 g/mol. The van der Waals surface area contributed by atoms with Crippen LogP contribution in [0.4, 0.5) is 0 Å². The Hall–Kier alpha value is 0.250. The molecule has 0 saturated carbocycles. The fourth-order valence-electron chi connectivity index (χ4n) is 0.596. The normalized spacial score (nSPS) is 12.0. The summed E-state index contributed by atoms with van der Waals surface area (Å²) in [4.78, 5) is 0. The smallest absolute Gasteiger partial charge is 0.0197 e. The van der Waals surface area contributed by atoms with Gasteiger partial charge in [0.15, 0.2) is 0 Å². The highest BCUT2D eigenvalue weighted by Crippen LogP contribution is 2.06. The maximum atomic E-state index is 5.78. The second-order valence-electron chi connectivity index (χ2n) is 2.53. The molecule has 0 aliphatic carbocycles. The van der Waals surface area contributed by atoms with Gasteiger partial charge in [-0.1, -0.05) is 0 Å². The molecule has 0 heterocycles. The van der Waals surface area contributed by atoms with Gasteiger partial charge in [0.05, 0.1) is 0 Å². The summed E-state index contributed by atoms with van der Waals surface area (Å²) in [6, 6.07) is 0.883. The Labute approximate surface area is 56.7 Å². The molecular weight excluding hydrogens is 122 g/mol. The van der Waals surface area contributed by atoms with E-state index in [1.165, 1.54) is 0 Å². The van der Waals surface area contributed by atoms with Gasteiger partial charge in [0, 0.05) is 12.1 Å². The summed E-state index contributed by atoms with van der Waals surface area (Å²) in [5, 5.41) is 0. The number of nitrogens with zero attached hydrogens (tertiary/aromatic N) is 1. The minimum absolute atomic E-state index is 0.441.